The highest BCUT2D eigenvalue weighted by Gasteiger charge is 2.63. The van der Waals surface area contributed by atoms with Crippen molar-refractivity contribution >= 4 is 29.3 Å². The average Bonchev–Trinajstić information content (AvgIpc) is 2.90. The standard InChI is InChI=1S/C19H26O2S2/c20-17-11-7-5-3-1-2-4-6-10-14(11)15(10)18(21)16-12-8-22-9-13(12)23-19(16)17/h10-15,17,20H,1-9H2. The minimum Gasteiger partial charge on any atom is -0.388 e. The zero-order valence-electron chi connectivity index (χ0n) is 13.6. The number of ketones is 1. The number of carbonyl (C=O) groups is 1. The van der Waals surface area contributed by atoms with Crippen LogP contribution in [0.25, 0.3) is 0 Å². The SMILES string of the molecule is O=C1C2=C(SC3CSCC23)C(O)C2CCCCCCCC3C1C23. The maximum Gasteiger partial charge on any atom is 0.163 e. The van der Waals surface area contributed by atoms with E-state index in [1.807, 2.05) is 23.5 Å². The van der Waals surface area contributed by atoms with E-state index in [-0.39, 0.29) is 12.0 Å². The fourth-order valence-electron chi connectivity index (χ4n) is 5.81. The number of hydrogen-bond donors (Lipinski definition) is 1. The molecule has 2 heterocycles. The van der Waals surface area contributed by atoms with E-state index < -0.39 is 0 Å². The first-order chi connectivity index (χ1) is 11.3. The Morgan fingerprint density at radius 2 is 1.70 bits per heavy atom. The predicted octanol–water partition coefficient (Wildman–Crippen LogP) is 3.89. The molecule has 7 atom stereocenters. The molecular weight excluding hydrogens is 324 g/mol. The number of allylic oxidation sites excluding steroid dienone is 1. The van der Waals surface area contributed by atoms with E-state index >= 15 is 0 Å². The minimum atomic E-state index is -0.339. The molecule has 0 aromatic rings. The number of aliphatic hydroxyl groups is 1. The zero-order valence-corrected chi connectivity index (χ0v) is 15.2. The van der Waals surface area contributed by atoms with E-state index in [9.17, 15) is 9.90 Å². The molecule has 7 unspecified atom stereocenters. The Kier molecular flexibility index (Phi) is 3.87. The van der Waals surface area contributed by atoms with E-state index in [2.05, 4.69) is 0 Å². The molecule has 5 rings (SSSR count). The van der Waals surface area contributed by atoms with Crippen molar-refractivity contribution in [3.8, 4) is 0 Å². The molecule has 0 amide bonds. The van der Waals surface area contributed by atoms with Gasteiger partial charge in [0.05, 0.1) is 6.10 Å². The molecule has 1 saturated heterocycles. The Hall–Kier alpha value is 0.0700. The number of rotatable bonds is 0. The Balaban J connectivity index is 1.51. The molecule has 3 fully saturated rings. The van der Waals surface area contributed by atoms with Crippen molar-refractivity contribution in [1.82, 2.24) is 0 Å². The normalized spacial score (nSPS) is 49.3. The third-order valence-electron chi connectivity index (χ3n) is 6.98. The molecule has 0 spiro atoms. The summed E-state index contributed by atoms with van der Waals surface area (Å²) in [4.78, 5) is 14.4. The van der Waals surface area contributed by atoms with Crippen LogP contribution in [0.3, 0.4) is 0 Å². The first-order valence-corrected chi connectivity index (χ1v) is 11.5. The van der Waals surface area contributed by atoms with Gasteiger partial charge in [-0.05, 0) is 30.6 Å². The molecule has 2 nitrogen and oxygen atoms in total. The summed E-state index contributed by atoms with van der Waals surface area (Å²) in [6.45, 7) is 0. The fourth-order valence-corrected chi connectivity index (χ4v) is 9.17. The van der Waals surface area contributed by atoms with Crippen LogP contribution in [-0.2, 0) is 4.79 Å². The van der Waals surface area contributed by atoms with Crippen molar-refractivity contribution in [2.75, 3.05) is 11.5 Å². The lowest BCUT2D eigenvalue weighted by Crippen LogP contribution is -2.24. The summed E-state index contributed by atoms with van der Waals surface area (Å²) in [5, 5.41) is 11.7. The Morgan fingerprint density at radius 1 is 0.957 bits per heavy atom. The van der Waals surface area contributed by atoms with Gasteiger partial charge in [0.1, 0.15) is 0 Å². The number of hydrogen-bond acceptors (Lipinski definition) is 4. The summed E-state index contributed by atoms with van der Waals surface area (Å²) in [6.07, 6.45) is 8.52. The van der Waals surface area contributed by atoms with Crippen LogP contribution in [0.1, 0.15) is 44.9 Å². The Morgan fingerprint density at radius 3 is 2.52 bits per heavy atom. The van der Waals surface area contributed by atoms with Crippen LogP contribution in [0.15, 0.2) is 10.5 Å². The van der Waals surface area contributed by atoms with Crippen LogP contribution in [0.5, 0.6) is 0 Å². The Labute approximate surface area is 147 Å². The lowest BCUT2D eigenvalue weighted by atomic mass is 9.86. The number of Topliss-reactive ketones (excluding diaryl/α,β-unsaturated/α-hetero) is 1. The summed E-state index contributed by atoms with van der Waals surface area (Å²) in [6, 6.07) is 0. The molecule has 5 aliphatic rings. The first-order valence-electron chi connectivity index (χ1n) is 9.48. The number of thioether (sulfide) groups is 2. The summed E-state index contributed by atoms with van der Waals surface area (Å²) in [5.74, 6) is 4.87. The molecule has 23 heavy (non-hydrogen) atoms. The van der Waals surface area contributed by atoms with Crippen molar-refractivity contribution in [1.29, 1.82) is 0 Å². The molecule has 4 heteroatoms. The van der Waals surface area contributed by atoms with E-state index in [0.717, 1.165) is 28.4 Å². The van der Waals surface area contributed by atoms with Crippen LogP contribution in [-0.4, -0.2) is 33.7 Å². The maximum atomic E-state index is 13.3. The Bertz CT molecular complexity index is 558. The van der Waals surface area contributed by atoms with Crippen LogP contribution in [0.2, 0.25) is 0 Å². The van der Waals surface area contributed by atoms with Gasteiger partial charge < -0.3 is 5.11 Å². The van der Waals surface area contributed by atoms with Crippen LogP contribution in [0, 0.1) is 29.6 Å². The van der Waals surface area contributed by atoms with Crippen LogP contribution >= 0.6 is 23.5 Å². The molecule has 0 radical (unpaired) electrons. The lowest BCUT2D eigenvalue weighted by Gasteiger charge is -2.25. The van der Waals surface area contributed by atoms with E-state index in [4.69, 9.17) is 0 Å². The predicted molar refractivity (Wildman–Crippen MR) is 96.5 cm³/mol. The first kappa shape index (κ1) is 15.3. The summed E-state index contributed by atoms with van der Waals surface area (Å²) >= 11 is 3.86. The van der Waals surface area contributed by atoms with Crippen molar-refractivity contribution < 1.29 is 9.90 Å². The van der Waals surface area contributed by atoms with Crippen molar-refractivity contribution in [2.24, 2.45) is 29.6 Å². The van der Waals surface area contributed by atoms with Gasteiger partial charge in [0, 0.05) is 39.1 Å². The molecule has 3 aliphatic carbocycles. The number of aliphatic hydroxyl groups excluding tert-OH is 1. The largest absolute Gasteiger partial charge is 0.388 e. The van der Waals surface area contributed by atoms with Gasteiger partial charge in [-0.2, -0.15) is 11.8 Å². The second-order valence-corrected chi connectivity index (χ2v) is 10.5. The van der Waals surface area contributed by atoms with Gasteiger partial charge in [0.15, 0.2) is 5.78 Å². The topological polar surface area (TPSA) is 37.3 Å². The van der Waals surface area contributed by atoms with Gasteiger partial charge in [-0.25, -0.2) is 0 Å². The summed E-state index contributed by atoms with van der Waals surface area (Å²) < 4.78 is 0. The summed E-state index contributed by atoms with van der Waals surface area (Å²) in [7, 11) is 0. The van der Waals surface area contributed by atoms with Crippen molar-refractivity contribution in [2.45, 2.75) is 56.3 Å². The maximum absolute atomic E-state index is 13.3. The quantitative estimate of drug-likeness (QED) is 0.719. The zero-order chi connectivity index (χ0) is 15.6. The molecule has 1 N–H and O–H groups in total. The highest BCUT2D eigenvalue weighted by Crippen LogP contribution is 2.64. The second kappa shape index (κ2) is 5.81. The smallest absolute Gasteiger partial charge is 0.163 e. The van der Waals surface area contributed by atoms with Gasteiger partial charge >= 0.3 is 0 Å². The average molecular weight is 351 g/mol. The van der Waals surface area contributed by atoms with Crippen LogP contribution < -0.4 is 0 Å². The van der Waals surface area contributed by atoms with Gasteiger partial charge in [0.2, 0.25) is 0 Å². The van der Waals surface area contributed by atoms with Crippen molar-refractivity contribution in [3.05, 3.63) is 10.5 Å². The fraction of sp³-hybridized carbons (Fsp3) is 0.842. The molecule has 0 aromatic heterocycles. The molecule has 0 bridgehead atoms. The van der Waals surface area contributed by atoms with Gasteiger partial charge in [0.25, 0.3) is 0 Å². The number of fused-ring (bicyclic) bond motifs is 3. The van der Waals surface area contributed by atoms with Gasteiger partial charge in [-0.15, -0.1) is 11.8 Å². The van der Waals surface area contributed by atoms with Crippen LogP contribution in [0.4, 0.5) is 0 Å². The highest BCUT2D eigenvalue weighted by molar-refractivity contribution is 8.06. The van der Waals surface area contributed by atoms with Crippen molar-refractivity contribution in [3.63, 3.8) is 0 Å². The second-order valence-electron chi connectivity index (χ2n) is 8.16. The van der Waals surface area contributed by atoms with E-state index in [1.54, 1.807) is 0 Å². The molecule has 2 aliphatic heterocycles. The third kappa shape index (κ3) is 2.31. The lowest BCUT2D eigenvalue weighted by molar-refractivity contribution is -0.117. The number of carbonyl (C=O) groups excluding carboxylic acids is 1. The van der Waals surface area contributed by atoms with E-state index in [0.29, 0.717) is 34.7 Å². The van der Waals surface area contributed by atoms with Gasteiger partial charge in [-0.3, -0.25) is 4.79 Å². The monoisotopic (exact) mass is 350 g/mol. The van der Waals surface area contributed by atoms with Gasteiger partial charge in [-0.1, -0.05) is 32.1 Å². The molecule has 0 aromatic carbocycles. The minimum absolute atomic E-state index is 0.269. The molecule has 2 saturated carbocycles. The highest BCUT2D eigenvalue weighted by atomic mass is 32.2. The third-order valence-corrected chi connectivity index (χ3v) is 9.90. The molecular formula is C19H26O2S2. The molecule has 126 valence electrons. The summed E-state index contributed by atoms with van der Waals surface area (Å²) in [5.41, 5.74) is 1.09. The van der Waals surface area contributed by atoms with E-state index in [1.165, 1.54) is 38.5 Å².